The molecule has 2 atom stereocenters. The topological polar surface area (TPSA) is 85.0 Å². The highest BCUT2D eigenvalue weighted by Gasteiger charge is 2.52. The minimum Gasteiger partial charge on any atom is -0.283 e. The fourth-order valence-corrected chi connectivity index (χ4v) is 1.74. The lowest BCUT2D eigenvalue weighted by Gasteiger charge is -2.39. The van der Waals surface area contributed by atoms with Crippen LogP contribution in [0.4, 0.5) is 0 Å². The van der Waals surface area contributed by atoms with E-state index < -0.39 is 29.1 Å². The smallest absolute Gasteiger partial charge is 0.246 e. The van der Waals surface area contributed by atoms with Crippen molar-refractivity contribution in [2.24, 2.45) is 17.3 Å². The van der Waals surface area contributed by atoms with E-state index in [0.29, 0.717) is 0 Å². The Bertz CT molecular complexity index is 364. The molecule has 0 N–H and O–H groups in total. The molecule has 0 aromatic rings. The molecule has 1 aliphatic heterocycles. The molecule has 15 heavy (non-hydrogen) atoms. The number of hydrogen-bond acceptors (Lipinski definition) is 4. The van der Waals surface area contributed by atoms with Crippen LogP contribution in [-0.4, -0.2) is 23.8 Å². The van der Waals surface area contributed by atoms with Gasteiger partial charge in [0.15, 0.2) is 0 Å². The van der Waals surface area contributed by atoms with Crippen LogP contribution >= 0.6 is 0 Å². The maximum atomic E-state index is 11.6. The summed E-state index contributed by atoms with van der Waals surface area (Å²) < 4.78 is 0. The molecule has 0 spiro atoms. The zero-order chi connectivity index (χ0) is 11.8. The van der Waals surface area contributed by atoms with Crippen molar-refractivity contribution in [3.63, 3.8) is 0 Å². The number of piperidine rings is 1. The van der Waals surface area contributed by atoms with Crippen LogP contribution < -0.4 is 0 Å². The lowest BCUT2D eigenvalue weighted by atomic mass is 9.67. The summed E-state index contributed by atoms with van der Waals surface area (Å²) >= 11 is 0. The van der Waals surface area contributed by atoms with Crippen molar-refractivity contribution in [3.8, 4) is 12.1 Å². The van der Waals surface area contributed by atoms with Crippen LogP contribution in [0.25, 0.3) is 0 Å². The Balaban J connectivity index is 3.27. The summed E-state index contributed by atoms with van der Waals surface area (Å²) in [5, 5.41) is 17.8. The second kappa shape index (κ2) is 3.36. The quantitative estimate of drug-likeness (QED) is 0.532. The summed E-state index contributed by atoms with van der Waals surface area (Å²) in [4.78, 5) is 24.1. The molecule has 5 nitrogen and oxygen atoms in total. The monoisotopic (exact) mass is 205 g/mol. The minimum atomic E-state index is -0.940. The average Bonchev–Trinajstić information content (AvgIpc) is 2.15. The molecule has 0 radical (unpaired) electrons. The van der Waals surface area contributed by atoms with E-state index in [4.69, 9.17) is 10.5 Å². The van der Waals surface area contributed by atoms with Crippen molar-refractivity contribution in [2.75, 3.05) is 7.05 Å². The van der Waals surface area contributed by atoms with Crippen LogP contribution in [-0.2, 0) is 9.59 Å². The van der Waals surface area contributed by atoms with E-state index >= 15 is 0 Å². The summed E-state index contributed by atoms with van der Waals surface area (Å²) in [5.74, 6) is -2.94. The zero-order valence-electron chi connectivity index (χ0n) is 8.81. The van der Waals surface area contributed by atoms with E-state index in [1.165, 1.54) is 7.05 Å². The number of carbonyl (C=O) groups excluding carboxylic acids is 2. The van der Waals surface area contributed by atoms with Gasteiger partial charge in [0.1, 0.15) is 11.8 Å². The second-order valence-electron chi connectivity index (χ2n) is 4.18. The second-order valence-corrected chi connectivity index (χ2v) is 4.18. The van der Waals surface area contributed by atoms with Crippen LogP contribution in [0.2, 0.25) is 0 Å². The molecule has 1 aliphatic rings. The Labute approximate surface area is 87.9 Å². The van der Waals surface area contributed by atoms with Gasteiger partial charge >= 0.3 is 0 Å². The first-order valence-corrected chi connectivity index (χ1v) is 4.48. The Morgan fingerprint density at radius 1 is 1.13 bits per heavy atom. The van der Waals surface area contributed by atoms with Crippen molar-refractivity contribution in [2.45, 2.75) is 13.8 Å². The predicted octanol–water partition coefficient (Wildman–Crippen LogP) is 0.291. The fourth-order valence-electron chi connectivity index (χ4n) is 1.74. The molecule has 0 aromatic carbocycles. The highest BCUT2D eigenvalue weighted by molar-refractivity contribution is 6.02. The number of hydrogen-bond donors (Lipinski definition) is 0. The molecule has 1 rings (SSSR count). The number of carbonyl (C=O) groups is 2. The highest BCUT2D eigenvalue weighted by atomic mass is 16.2. The van der Waals surface area contributed by atoms with Gasteiger partial charge in [0.25, 0.3) is 0 Å². The minimum absolute atomic E-state index is 0.529. The summed E-state index contributed by atoms with van der Waals surface area (Å²) in [6.45, 7) is 3.19. The number of nitrogens with zero attached hydrogens (tertiary/aromatic N) is 3. The van der Waals surface area contributed by atoms with Crippen molar-refractivity contribution < 1.29 is 9.59 Å². The first-order chi connectivity index (χ1) is 6.87. The number of likely N-dealkylation sites (tertiary alicyclic amines) is 1. The Hall–Kier alpha value is -1.88. The van der Waals surface area contributed by atoms with E-state index in [2.05, 4.69) is 0 Å². The summed E-state index contributed by atoms with van der Waals surface area (Å²) in [6.07, 6.45) is 0. The highest BCUT2D eigenvalue weighted by Crippen LogP contribution is 2.40. The summed E-state index contributed by atoms with van der Waals surface area (Å²) in [6, 6.07) is 3.73. The van der Waals surface area contributed by atoms with Gasteiger partial charge in [0.2, 0.25) is 11.8 Å². The molecule has 2 amide bonds. The number of imide groups is 1. The van der Waals surface area contributed by atoms with Crippen molar-refractivity contribution >= 4 is 11.8 Å². The number of nitriles is 2. The molecule has 0 bridgehead atoms. The normalized spacial score (nSPS) is 29.5. The van der Waals surface area contributed by atoms with E-state index in [1.54, 1.807) is 13.8 Å². The first-order valence-electron chi connectivity index (χ1n) is 4.48. The van der Waals surface area contributed by atoms with Gasteiger partial charge in [0, 0.05) is 12.5 Å². The van der Waals surface area contributed by atoms with Crippen LogP contribution in [0, 0.1) is 39.9 Å². The van der Waals surface area contributed by atoms with Crippen LogP contribution in [0.3, 0.4) is 0 Å². The third-order valence-electron chi connectivity index (χ3n) is 2.90. The van der Waals surface area contributed by atoms with Crippen LogP contribution in [0.15, 0.2) is 0 Å². The summed E-state index contributed by atoms with van der Waals surface area (Å²) in [5.41, 5.74) is -0.926. The van der Waals surface area contributed by atoms with E-state index in [-0.39, 0.29) is 0 Å². The first kappa shape index (κ1) is 11.2. The lowest BCUT2D eigenvalue weighted by molar-refractivity contribution is -0.157. The average molecular weight is 205 g/mol. The lowest BCUT2D eigenvalue weighted by Crippen LogP contribution is -2.55. The van der Waals surface area contributed by atoms with E-state index in [1.807, 2.05) is 12.1 Å². The molecular weight excluding hydrogens is 194 g/mol. The van der Waals surface area contributed by atoms with Crippen LogP contribution in [0.1, 0.15) is 13.8 Å². The molecule has 2 unspecified atom stereocenters. The van der Waals surface area contributed by atoms with Crippen molar-refractivity contribution in [1.29, 1.82) is 10.5 Å². The molecule has 0 aromatic heterocycles. The van der Waals surface area contributed by atoms with Gasteiger partial charge in [-0.15, -0.1) is 0 Å². The maximum Gasteiger partial charge on any atom is 0.246 e. The van der Waals surface area contributed by atoms with Gasteiger partial charge < -0.3 is 0 Å². The van der Waals surface area contributed by atoms with Gasteiger partial charge in [-0.05, 0) is 0 Å². The molecule has 1 saturated heterocycles. The molecule has 0 aliphatic carbocycles. The third kappa shape index (κ3) is 1.37. The van der Waals surface area contributed by atoms with Gasteiger partial charge in [-0.2, -0.15) is 10.5 Å². The molecule has 1 fully saturated rings. The van der Waals surface area contributed by atoms with E-state index in [0.717, 1.165) is 4.90 Å². The van der Waals surface area contributed by atoms with Gasteiger partial charge in [-0.3, -0.25) is 14.5 Å². The van der Waals surface area contributed by atoms with E-state index in [9.17, 15) is 9.59 Å². The molecular formula is C10H11N3O2. The largest absolute Gasteiger partial charge is 0.283 e. The Morgan fingerprint density at radius 3 is 1.73 bits per heavy atom. The molecule has 5 heteroatoms. The number of amides is 2. The Morgan fingerprint density at radius 2 is 1.47 bits per heavy atom. The molecule has 78 valence electrons. The number of rotatable bonds is 0. The fraction of sp³-hybridized carbons (Fsp3) is 0.600. The van der Waals surface area contributed by atoms with Gasteiger partial charge in [-0.25, -0.2) is 0 Å². The zero-order valence-corrected chi connectivity index (χ0v) is 8.81. The van der Waals surface area contributed by atoms with Gasteiger partial charge in [0.05, 0.1) is 12.1 Å². The maximum absolute atomic E-state index is 11.6. The standard InChI is InChI=1S/C10H11N3O2/c1-10(2)6(4-11)8(14)13(3)9(15)7(10)5-12/h6-7H,1-3H3. The van der Waals surface area contributed by atoms with Crippen LogP contribution in [0.5, 0.6) is 0 Å². The third-order valence-corrected chi connectivity index (χ3v) is 2.90. The Kier molecular flexibility index (Phi) is 2.51. The molecule has 0 saturated carbocycles. The van der Waals surface area contributed by atoms with Crippen molar-refractivity contribution in [3.05, 3.63) is 0 Å². The SMILES string of the molecule is CN1C(=O)C(C#N)C(C)(C)C(C#N)C1=O. The summed E-state index contributed by atoms with van der Waals surface area (Å²) in [7, 11) is 1.30. The van der Waals surface area contributed by atoms with Crippen molar-refractivity contribution in [1.82, 2.24) is 4.90 Å². The molecule has 1 heterocycles. The predicted molar refractivity (Wildman–Crippen MR) is 49.8 cm³/mol. The van der Waals surface area contributed by atoms with Gasteiger partial charge in [-0.1, -0.05) is 13.8 Å².